The van der Waals surface area contributed by atoms with Crippen LogP contribution in [0.25, 0.3) is 0 Å². The third-order valence-electron chi connectivity index (χ3n) is 3.30. The molecule has 1 aromatic carbocycles. The van der Waals surface area contributed by atoms with E-state index in [1.807, 2.05) is 0 Å². The number of anilines is 1. The molecule has 2 aromatic rings. The summed E-state index contributed by atoms with van der Waals surface area (Å²) in [4.78, 5) is 15.5. The van der Waals surface area contributed by atoms with Gasteiger partial charge in [0.05, 0.1) is 31.2 Å². The Balaban J connectivity index is 1.99. The highest BCUT2D eigenvalue weighted by Crippen LogP contribution is 2.32. The maximum absolute atomic E-state index is 12.6. The number of benzene rings is 1. The number of hydrogen-bond acceptors (Lipinski definition) is 5. The van der Waals surface area contributed by atoms with Crippen LogP contribution in [0.15, 0.2) is 30.5 Å². The predicted octanol–water partition coefficient (Wildman–Crippen LogP) is 3.46. The van der Waals surface area contributed by atoms with Gasteiger partial charge in [0.25, 0.3) is 0 Å². The fourth-order valence-electron chi connectivity index (χ4n) is 2.03. The van der Waals surface area contributed by atoms with E-state index in [0.29, 0.717) is 23.3 Å². The minimum Gasteiger partial charge on any atom is -0.493 e. The Morgan fingerprint density at radius 2 is 1.88 bits per heavy atom. The number of rotatable bonds is 6. The number of nitrogens with one attached hydrogen (secondary N) is 2. The summed E-state index contributed by atoms with van der Waals surface area (Å²) in [6.45, 7) is 0. The lowest BCUT2D eigenvalue weighted by atomic mass is 10.1. The fourth-order valence-corrected chi connectivity index (χ4v) is 2.25. The zero-order valence-electron chi connectivity index (χ0n) is 13.8. The zero-order chi connectivity index (χ0) is 19.3. The molecule has 1 aromatic heterocycles. The standard InChI is InChI=1S/C16H15ClF3N3O3/c1-25-12-4-3-9(5-13(12)26-2)6-14(24)22-23-15-11(17)7-10(8-21-15)16(18,19)20/h3-5,7-8H,6H2,1-2H3,(H,21,23)(H,22,24). The first-order valence-corrected chi connectivity index (χ1v) is 7.61. The summed E-state index contributed by atoms with van der Waals surface area (Å²) in [6, 6.07) is 5.70. The molecule has 1 heterocycles. The Morgan fingerprint density at radius 3 is 2.46 bits per heavy atom. The molecule has 6 nitrogen and oxygen atoms in total. The molecule has 140 valence electrons. The number of alkyl halides is 3. The van der Waals surface area contributed by atoms with Crippen molar-refractivity contribution >= 4 is 23.3 Å². The second-order valence-electron chi connectivity index (χ2n) is 5.09. The van der Waals surface area contributed by atoms with E-state index >= 15 is 0 Å². The maximum Gasteiger partial charge on any atom is 0.417 e. The van der Waals surface area contributed by atoms with Crippen LogP contribution in [0.1, 0.15) is 11.1 Å². The second-order valence-corrected chi connectivity index (χ2v) is 5.50. The average Bonchev–Trinajstić information content (AvgIpc) is 2.59. The quantitative estimate of drug-likeness (QED) is 0.740. The van der Waals surface area contributed by atoms with E-state index in [0.717, 1.165) is 6.07 Å². The molecular formula is C16H15ClF3N3O3. The van der Waals surface area contributed by atoms with Crippen LogP contribution in [0.5, 0.6) is 11.5 Å². The van der Waals surface area contributed by atoms with Crippen molar-refractivity contribution < 1.29 is 27.4 Å². The van der Waals surface area contributed by atoms with E-state index in [1.54, 1.807) is 18.2 Å². The number of carbonyl (C=O) groups is 1. The molecule has 0 spiro atoms. The first-order chi connectivity index (χ1) is 12.2. The Morgan fingerprint density at radius 1 is 1.19 bits per heavy atom. The maximum atomic E-state index is 12.6. The van der Waals surface area contributed by atoms with E-state index in [2.05, 4.69) is 15.8 Å². The molecule has 0 saturated carbocycles. The lowest BCUT2D eigenvalue weighted by Crippen LogP contribution is -2.31. The van der Waals surface area contributed by atoms with Crippen molar-refractivity contribution in [1.29, 1.82) is 0 Å². The van der Waals surface area contributed by atoms with Crippen LogP contribution >= 0.6 is 11.6 Å². The van der Waals surface area contributed by atoms with Gasteiger partial charge in [0.2, 0.25) is 5.91 Å². The summed E-state index contributed by atoms with van der Waals surface area (Å²) in [5, 5.41) is -0.272. The smallest absolute Gasteiger partial charge is 0.417 e. The van der Waals surface area contributed by atoms with Crippen molar-refractivity contribution in [3.05, 3.63) is 46.6 Å². The van der Waals surface area contributed by atoms with Crippen molar-refractivity contribution in [1.82, 2.24) is 10.4 Å². The van der Waals surface area contributed by atoms with E-state index in [-0.39, 0.29) is 17.3 Å². The molecular weight excluding hydrogens is 375 g/mol. The fraction of sp³-hybridized carbons (Fsp3) is 0.250. The third kappa shape index (κ3) is 4.92. The number of nitrogens with zero attached hydrogens (tertiary/aromatic N) is 1. The normalized spacial score (nSPS) is 11.0. The summed E-state index contributed by atoms with van der Waals surface area (Å²) >= 11 is 5.75. The average molecular weight is 390 g/mol. The van der Waals surface area contributed by atoms with Gasteiger partial charge in [0.1, 0.15) is 0 Å². The molecule has 26 heavy (non-hydrogen) atoms. The Labute approximate surface area is 152 Å². The Kier molecular flexibility index (Phi) is 6.14. The van der Waals surface area contributed by atoms with Crippen LogP contribution in [0.4, 0.5) is 19.0 Å². The van der Waals surface area contributed by atoms with Crippen molar-refractivity contribution in [2.75, 3.05) is 19.6 Å². The van der Waals surface area contributed by atoms with Gasteiger partial charge in [0, 0.05) is 6.20 Å². The van der Waals surface area contributed by atoms with Crippen molar-refractivity contribution in [3.63, 3.8) is 0 Å². The third-order valence-corrected chi connectivity index (χ3v) is 3.59. The van der Waals surface area contributed by atoms with Gasteiger partial charge in [-0.3, -0.25) is 15.6 Å². The number of carbonyl (C=O) groups excluding carboxylic acids is 1. The van der Waals surface area contributed by atoms with Gasteiger partial charge in [-0.05, 0) is 23.8 Å². The molecule has 0 atom stereocenters. The number of methoxy groups -OCH3 is 2. The van der Waals surface area contributed by atoms with Crippen LogP contribution < -0.4 is 20.3 Å². The molecule has 2 N–H and O–H groups in total. The summed E-state index contributed by atoms with van der Waals surface area (Å²) in [5.41, 5.74) is 4.39. The molecule has 0 aliphatic heterocycles. The number of pyridine rings is 1. The van der Waals surface area contributed by atoms with E-state index in [4.69, 9.17) is 21.1 Å². The Bertz CT molecular complexity index is 800. The van der Waals surface area contributed by atoms with Crippen LogP contribution in [0.3, 0.4) is 0 Å². The number of halogens is 4. The van der Waals surface area contributed by atoms with Gasteiger partial charge in [-0.2, -0.15) is 13.2 Å². The van der Waals surface area contributed by atoms with Gasteiger partial charge in [0.15, 0.2) is 17.3 Å². The molecule has 0 unspecified atom stereocenters. The molecule has 1 amide bonds. The first kappa shape index (κ1) is 19.6. The first-order valence-electron chi connectivity index (χ1n) is 7.23. The van der Waals surface area contributed by atoms with Gasteiger partial charge in [-0.1, -0.05) is 17.7 Å². The molecule has 0 aliphatic rings. The minimum absolute atomic E-state index is 0.00833. The highest BCUT2D eigenvalue weighted by molar-refractivity contribution is 6.33. The molecule has 0 saturated heterocycles. The van der Waals surface area contributed by atoms with Crippen molar-refractivity contribution in [2.45, 2.75) is 12.6 Å². The summed E-state index contributed by atoms with van der Waals surface area (Å²) in [6.07, 6.45) is -3.94. The number of aromatic nitrogens is 1. The molecule has 10 heteroatoms. The van der Waals surface area contributed by atoms with E-state index in [1.165, 1.54) is 14.2 Å². The predicted molar refractivity (Wildman–Crippen MR) is 89.3 cm³/mol. The van der Waals surface area contributed by atoms with Crippen LogP contribution in [0.2, 0.25) is 5.02 Å². The van der Waals surface area contributed by atoms with E-state index in [9.17, 15) is 18.0 Å². The summed E-state index contributed by atoms with van der Waals surface area (Å²) in [7, 11) is 2.97. The minimum atomic E-state index is -4.55. The SMILES string of the molecule is COc1ccc(CC(=O)NNc2ncc(C(F)(F)F)cc2Cl)cc1OC. The molecule has 0 radical (unpaired) electrons. The highest BCUT2D eigenvalue weighted by atomic mass is 35.5. The molecule has 2 rings (SSSR count). The molecule has 0 aliphatic carbocycles. The molecule has 0 fully saturated rings. The second kappa shape index (κ2) is 8.13. The summed E-state index contributed by atoms with van der Waals surface area (Å²) < 4.78 is 47.9. The highest BCUT2D eigenvalue weighted by Gasteiger charge is 2.31. The van der Waals surface area contributed by atoms with Gasteiger partial charge in [-0.25, -0.2) is 4.98 Å². The Hall–Kier alpha value is -2.68. The van der Waals surface area contributed by atoms with E-state index < -0.39 is 17.6 Å². The van der Waals surface area contributed by atoms with Crippen molar-refractivity contribution in [3.8, 4) is 11.5 Å². The number of hydrogen-bond donors (Lipinski definition) is 2. The molecule has 0 bridgehead atoms. The largest absolute Gasteiger partial charge is 0.493 e. The van der Waals surface area contributed by atoms with Gasteiger partial charge >= 0.3 is 6.18 Å². The van der Waals surface area contributed by atoms with Crippen molar-refractivity contribution in [2.24, 2.45) is 0 Å². The van der Waals surface area contributed by atoms with Crippen LogP contribution in [-0.2, 0) is 17.4 Å². The van der Waals surface area contributed by atoms with Gasteiger partial charge in [-0.15, -0.1) is 0 Å². The van der Waals surface area contributed by atoms with Crippen LogP contribution in [-0.4, -0.2) is 25.1 Å². The van der Waals surface area contributed by atoms with Gasteiger partial charge < -0.3 is 9.47 Å². The lowest BCUT2D eigenvalue weighted by Gasteiger charge is -2.12. The number of hydrazine groups is 1. The monoisotopic (exact) mass is 389 g/mol. The summed E-state index contributed by atoms with van der Waals surface area (Å²) in [5.74, 6) is 0.448. The number of amides is 1. The number of ether oxygens (including phenoxy) is 2. The topological polar surface area (TPSA) is 72.5 Å². The van der Waals surface area contributed by atoms with Crippen LogP contribution in [0, 0.1) is 0 Å². The lowest BCUT2D eigenvalue weighted by molar-refractivity contribution is -0.137. The zero-order valence-corrected chi connectivity index (χ0v) is 14.5.